The number of nitrogens with one attached hydrogen (secondary N) is 2. The highest BCUT2D eigenvalue weighted by Crippen LogP contribution is 2.28. The van der Waals surface area contributed by atoms with Crippen LogP contribution < -0.4 is 20.1 Å². The van der Waals surface area contributed by atoms with E-state index >= 15 is 0 Å². The number of carbonyl (C=O) groups excluding carboxylic acids is 2. The highest BCUT2D eigenvalue weighted by molar-refractivity contribution is 6.04. The number of hydrogen-bond donors (Lipinski definition) is 2. The van der Waals surface area contributed by atoms with E-state index in [1.54, 1.807) is 36.4 Å². The molecule has 1 atom stereocenters. The highest BCUT2D eigenvalue weighted by atomic mass is 16.5. The summed E-state index contributed by atoms with van der Waals surface area (Å²) in [6.45, 7) is 5.85. The molecule has 32 heavy (non-hydrogen) atoms. The van der Waals surface area contributed by atoms with Gasteiger partial charge in [-0.15, -0.1) is 0 Å². The van der Waals surface area contributed by atoms with Crippen molar-refractivity contribution in [2.75, 3.05) is 19.0 Å². The Balaban J connectivity index is 1.68. The maximum atomic E-state index is 12.8. The van der Waals surface area contributed by atoms with Crippen molar-refractivity contribution < 1.29 is 19.1 Å². The summed E-state index contributed by atoms with van der Waals surface area (Å²) in [4.78, 5) is 25.2. The summed E-state index contributed by atoms with van der Waals surface area (Å²) in [6.07, 6.45) is 1.64. The maximum Gasteiger partial charge on any atom is 0.255 e. The molecule has 0 bridgehead atoms. The Labute approximate surface area is 187 Å². The Kier molecular flexibility index (Phi) is 7.65. The number of ether oxygens (including phenoxy) is 2. The molecule has 6 heteroatoms. The smallest absolute Gasteiger partial charge is 0.255 e. The standard InChI is InChI=1S/C26H26N2O4/c1-4-15-32-23-14-13-21(17-24(23)31-3)26(30)27-18(2)20-11-8-12-22(16-20)28-25(29)19-9-6-5-7-10-19/h4-14,16-18H,1,15H2,2-3H3,(H,27,30)(H,28,29). The predicted molar refractivity (Wildman–Crippen MR) is 125 cm³/mol. The van der Waals surface area contributed by atoms with Crippen molar-refractivity contribution in [2.24, 2.45) is 0 Å². The molecule has 3 aromatic carbocycles. The van der Waals surface area contributed by atoms with E-state index in [2.05, 4.69) is 17.2 Å². The summed E-state index contributed by atoms with van der Waals surface area (Å²) in [7, 11) is 1.52. The Morgan fingerprint density at radius 3 is 2.44 bits per heavy atom. The molecule has 0 aliphatic heterocycles. The molecule has 0 spiro atoms. The molecule has 0 aliphatic rings. The monoisotopic (exact) mass is 430 g/mol. The zero-order valence-corrected chi connectivity index (χ0v) is 18.1. The van der Waals surface area contributed by atoms with E-state index < -0.39 is 0 Å². The molecule has 0 saturated carbocycles. The number of methoxy groups -OCH3 is 1. The fourth-order valence-corrected chi connectivity index (χ4v) is 3.12. The van der Waals surface area contributed by atoms with E-state index in [0.29, 0.717) is 34.9 Å². The van der Waals surface area contributed by atoms with Crippen LogP contribution in [0.15, 0.2) is 85.5 Å². The van der Waals surface area contributed by atoms with Gasteiger partial charge in [0.1, 0.15) is 6.61 Å². The Morgan fingerprint density at radius 2 is 1.72 bits per heavy atom. The molecule has 6 nitrogen and oxygen atoms in total. The molecule has 0 radical (unpaired) electrons. The average molecular weight is 431 g/mol. The van der Waals surface area contributed by atoms with E-state index in [9.17, 15) is 9.59 Å². The van der Waals surface area contributed by atoms with Crippen LogP contribution in [-0.2, 0) is 0 Å². The second-order valence-electron chi connectivity index (χ2n) is 7.11. The Bertz CT molecular complexity index is 1100. The molecule has 3 aromatic rings. The molecular formula is C26H26N2O4. The van der Waals surface area contributed by atoms with Gasteiger partial charge in [0.25, 0.3) is 11.8 Å². The summed E-state index contributed by atoms with van der Waals surface area (Å²) in [5, 5.41) is 5.86. The third kappa shape index (κ3) is 5.76. The first-order valence-corrected chi connectivity index (χ1v) is 10.2. The largest absolute Gasteiger partial charge is 0.493 e. The molecule has 0 saturated heterocycles. The van der Waals surface area contributed by atoms with Crippen LogP contribution in [0, 0.1) is 0 Å². The summed E-state index contributed by atoms with van der Waals surface area (Å²) >= 11 is 0. The molecule has 0 heterocycles. The maximum absolute atomic E-state index is 12.8. The van der Waals surface area contributed by atoms with Crippen LogP contribution in [0.3, 0.4) is 0 Å². The van der Waals surface area contributed by atoms with Crippen LogP contribution in [0.4, 0.5) is 5.69 Å². The van der Waals surface area contributed by atoms with Gasteiger partial charge in [0.05, 0.1) is 13.2 Å². The molecular weight excluding hydrogens is 404 g/mol. The molecule has 1 unspecified atom stereocenters. The van der Waals surface area contributed by atoms with Crippen LogP contribution in [0.1, 0.15) is 39.2 Å². The van der Waals surface area contributed by atoms with Crippen molar-refractivity contribution in [1.29, 1.82) is 0 Å². The SMILES string of the molecule is C=CCOc1ccc(C(=O)NC(C)c2cccc(NC(=O)c3ccccc3)c2)cc1OC. The zero-order chi connectivity index (χ0) is 22.9. The van der Waals surface area contributed by atoms with Crippen LogP contribution in [-0.4, -0.2) is 25.5 Å². The topological polar surface area (TPSA) is 76.7 Å². The summed E-state index contributed by atoms with van der Waals surface area (Å²) in [5.74, 6) is 0.576. The van der Waals surface area contributed by atoms with E-state index in [-0.39, 0.29) is 17.9 Å². The third-order valence-electron chi connectivity index (χ3n) is 4.81. The van der Waals surface area contributed by atoms with Gasteiger partial charge in [-0.25, -0.2) is 0 Å². The van der Waals surface area contributed by atoms with Gasteiger partial charge in [-0.2, -0.15) is 0 Å². The van der Waals surface area contributed by atoms with Crippen molar-refractivity contribution in [1.82, 2.24) is 5.32 Å². The quantitative estimate of drug-likeness (QED) is 0.468. The third-order valence-corrected chi connectivity index (χ3v) is 4.81. The van der Waals surface area contributed by atoms with Gasteiger partial charge in [-0.05, 0) is 55.0 Å². The fraction of sp³-hybridized carbons (Fsp3) is 0.154. The van der Waals surface area contributed by atoms with E-state index in [1.165, 1.54) is 7.11 Å². The first-order chi connectivity index (χ1) is 15.5. The number of hydrogen-bond acceptors (Lipinski definition) is 4. The van der Waals surface area contributed by atoms with Crippen molar-refractivity contribution in [3.63, 3.8) is 0 Å². The first kappa shape index (κ1) is 22.6. The number of anilines is 1. The molecule has 0 aromatic heterocycles. The van der Waals surface area contributed by atoms with Crippen molar-refractivity contribution in [3.05, 3.63) is 102 Å². The van der Waals surface area contributed by atoms with Gasteiger partial charge >= 0.3 is 0 Å². The van der Waals surface area contributed by atoms with Gasteiger partial charge < -0.3 is 20.1 Å². The van der Waals surface area contributed by atoms with Crippen LogP contribution in [0.2, 0.25) is 0 Å². The lowest BCUT2D eigenvalue weighted by Crippen LogP contribution is -2.26. The number of benzene rings is 3. The molecule has 3 rings (SSSR count). The molecule has 164 valence electrons. The normalized spacial score (nSPS) is 11.2. The number of rotatable bonds is 9. The first-order valence-electron chi connectivity index (χ1n) is 10.2. The minimum Gasteiger partial charge on any atom is -0.493 e. The van der Waals surface area contributed by atoms with Gasteiger partial charge in [-0.1, -0.05) is 43.0 Å². The summed E-state index contributed by atoms with van der Waals surface area (Å²) in [5.41, 5.74) is 2.55. The second kappa shape index (κ2) is 10.8. The minimum absolute atomic E-state index is 0.190. The summed E-state index contributed by atoms with van der Waals surface area (Å²) < 4.78 is 10.9. The fourth-order valence-electron chi connectivity index (χ4n) is 3.12. The average Bonchev–Trinajstić information content (AvgIpc) is 2.83. The highest BCUT2D eigenvalue weighted by Gasteiger charge is 2.15. The van der Waals surface area contributed by atoms with Crippen LogP contribution in [0.5, 0.6) is 11.5 Å². The van der Waals surface area contributed by atoms with E-state index in [1.807, 2.05) is 49.4 Å². The second-order valence-corrected chi connectivity index (χ2v) is 7.11. The van der Waals surface area contributed by atoms with Crippen LogP contribution in [0.25, 0.3) is 0 Å². The lowest BCUT2D eigenvalue weighted by atomic mass is 10.1. The number of carbonyl (C=O) groups is 2. The van der Waals surface area contributed by atoms with Gasteiger partial charge in [0.2, 0.25) is 0 Å². The van der Waals surface area contributed by atoms with Crippen molar-refractivity contribution in [2.45, 2.75) is 13.0 Å². The molecule has 2 N–H and O–H groups in total. The molecule has 0 fully saturated rings. The van der Waals surface area contributed by atoms with Gasteiger partial charge in [-0.3, -0.25) is 9.59 Å². The Morgan fingerprint density at radius 1 is 0.938 bits per heavy atom. The molecule has 0 aliphatic carbocycles. The number of amides is 2. The Hall–Kier alpha value is -4.06. The lowest BCUT2D eigenvalue weighted by molar-refractivity contribution is 0.0938. The van der Waals surface area contributed by atoms with Gasteiger partial charge in [0, 0.05) is 16.8 Å². The zero-order valence-electron chi connectivity index (χ0n) is 18.1. The predicted octanol–water partition coefficient (Wildman–Crippen LogP) is 5.00. The van der Waals surface area contributed by atoms with Crippen molar-refractivity contribution in [3.8, 4) is 11.5 Å². The van der Waals surface area contributed by atoms with Crippen molar-refractivity contribution >= 4 is 17.5 Å². The van der Waals surface area contributed by atoms with Gasteiger partial charge in [0.15, 0.2) is 11.5 Å². The minimum atomic E-state index is -0.279. The van der Waals surface area contributed by atoms with E-state index in [0.717, 1.165) is 5.56 Å². The summed E-state index contributed by atoms with van der Waals surface area (Å²) in [6, 6.07) is 21.1. The lowest BCUT2D eigenvalue weighted by Gasteiger charge is -2.17. The molecule has 2 amide bonds. The van der Waals surface area contributed by atoms with E-state index in [4.69, 9.17) is 9.47 Å². The van der Waals surface area contributed by atoms with Crippen LogP contribution >= 0.6 is 0 Å².